The molecular formula is C13H16BrNO4S. The first-order valence-corrected chi connectivity index (χ1v) is 8.67. The molecule has 0 radical (unpaired) electrons. The van der Waals surface area contributed by atoms with Gasteiger partial charge in [-0.25, -0.2) is 8.42 Å². The van der Waals surface area contributed by atoms with Gasteiger partial charge in [0.25, 0.3) is 6.47 Å². The predicted octanol–water partition coefficient (Wildman–Crippen LogP) is 2.56. The summed E-state index contributed by atoms with van der Waals surface area (Å²) in [5.74, 6) is 0. The van der Waals surface area contributed by atoms with E-state index >= 15 is 0 Å². The van der Waals surface area contributed by atoms with Crippen LogP contribution in [0.25, 0.3) is 0 Å². The van der Waals surface area contributed by atoms with Crippen molar-refractivity contribution >= 4 is 32.4 Å². The monoisotopic (exact) mass is 361 g/mol. The minimum Gasteiger partial charge on any atom is -0.445 e. The maximum absolute atomic E-state index is 12.5. The molecule has 0 heterocycles. The molecule has 1 saturated carbocycles. The number of carbonyl (C=O) groups excluding carboxylic acids is 1. The fraction of sp³-hybridized carbons (Fsp3) is 0.462. The highest BCUT2D eigenvalue weighted by Gasteiger charge is 2.38. The first-order valence-electron chi connectivity index (χ1n) is 6.39. The summed E-state index contributed by atoms with van der Waals surface area (Å²) in [7, 11) is -3.75. The summed E-state index contributed by atoms with van der Waals surface area (Å²) in [6, 6.07) is 6.54. The normalized spacial score (nSPS) is 18.4. The number of ether oxygens (including phenoxy) is 1. The van der Waals surface area contributed by atoms with Crippen LogP contribution in [0.5, 0.6) is 0 Å². The van der Waals surface area contributed by atoms with Crippen LogP contribution in [0.15, 0.2) is 33.6 Å². The van der Waals surface area contributed by atoms with Crippen molar-refractivity contribution in [1.82, 2.24) is 4.72 Å². The minimum atomic E-state index is -3.75. The van der Waals surface area contributed by atoms with Crippen LogP contribution in [0.3, 0.4) is 0 Å². The third kappa shape index (κ3) is 3.39. The molecule has 1 aliphatic rings. The van der Waals surface area contributed by atoms with Gasteiger partial charge in [0, 0.05) is 17.3 Å². The second-order valence-corrected chi connectivity index (χ2v) is 7.31. The maximum Gasteiger partial charge on any atom is 0.294 e. The molecule has 1 aromatic carbocycles. The second kappa shape index (κ2) is 6.24. The molecule has 0 spiro atoms. The van der Waals surface area contributed by atoms with Gasteiger partial charge in [-0.1, -0.05) is 18.6 Å². The van der Waals surface area contributed by atoms with Crippen LogP contribution in [0.2, 0.25) is 0 Å². The summed E-state index contributed by atoms with van der Waals surface area (Å²) in [4.78, 5) is 10.8. The third-order valence-corrected chi connectivity index (χ3v) is 5.91. The largest absolute Gasteiger partial charge is 0.445 e. The molecule has 0 saturated heterocycles. The molecule has 1 fully saturated rings. The smallest absolute Gasteiger partial charge is 0.294 e. The predicted molar refractivity (Wildman–Crippen MR) is 77.4 cm³/mol. The summed E-state index contributed by atoms with van der Waals surface area (Å²) >= 11 is 3.22. The zero-order chi connectivity index (χ0) is 14.6. The Balaban J connectivity index is 2.30. The van der Waals surface area contributed by atoms with Crippen LogP contribution < -0.4 is 4.72 Å². The lowest BCUT2D eigenvalue weighted by atomic mass is 9.92. The Bertz CT molecular complexity index is 582. The summed E-state index contributed by atoms with van der Waals surface area (Å²) in [6.07, 6.45) is 3.66. The van der Waals surface area contributed by atoms with Crippen LogP contribution in [-0.2, 0) is 19.6 Å². The lowest BCUT2D eigenvalue weighted by Gasteiger charge is -2.35. The molecule has 0 atom stereocenters. The second-order valence-electron chi connectivity index (χ2n) is 4.80. The van der Waals surface area contributed by atoms with Crippen LogP contribution in [0.4, 0.5) is 0 Å². The van der Waals surface area contributed by atoms with E-state index in [1.165, 1.54) is 6.07 Å². The number of hydrogen-bond acceptors (Lipinski definition) is 4. The molecule has 1 N–H and O–H groups in total. The highest BCUT2D eigenvalue weighted by atomic mass is 79.9. The first-order chi connectivity index (χ1) is 9.49. The van der Waals surface area contributed by atoms with E-state index < -0.39 is 15.7 Å². The van der Waals surface area contributed by atoms with E-state index in [1.807, 2.05) is 0 Å². The Morgan fingerprint density at radius 3 is 2.45 bits per heavy atom. The van der Waals surface area contributed by atoms with Crippen molar-refractivity contribution in [2.24, 2.45) is 0 Å². The van der Waals surface area contributed by atoms with Gasteiger partial charge in [0.05, 0.1) is 4.90 Å². The number of carbonyl (C=O) groups is 1. The molecule has 0 amide bonds. The number of sulfonamides is 1. The Morgan fingerprint density at radius 2 is 1.85 bits per heavy atom. The first kappa shape index (κ1) is 15.5. The molecule has 0 bridgehead atoms. The zero-order valence-electron chi connectivity index (χ0n) is 10.8. The van der Waals surface area contributed by atoms with Gasteiger partial charge in [0.1, 0.15) is 0 Å². The molecular weight excluding hydrogens is 346 g/mol. The van der Waals surface area contributed by atoms with Gasteiger partial charge in [0.2, 0.25) is 10.0 Å². The van der Waals surface area contributed by atoms with Gasteiger partial charge < -0.3 is 4.74 Å². The quantitative estimate of drug-likeness (QED) is 0.646. The number of benzene rings is 1. The van der Waals surface area contributed by atoms with Crippen LogP contribution in [0.1, 0.15) is 32.1 Å². The van der Waals surface area contributed by atoms with Crippen molar-refractivity contribution in [3.05, 3.63) is 28.7 Å². The molecule has 20 heavy (non-hydrogen) atoms. The van der Waals surface area contributed by atoms with Crippen molar-refractivity contribution < 1.29 is 17.9 Å². The van der Waals surface area contributed by atoms with Gasteiger partial charge in [0.15, 0.2) is 5.72 Å². The molecule has 0 aromatic heterocycles. The van der Waals surface area contributed by atoms with Crippen molar-refractivity contribution in [1.29, 1.82) is 0 Å². The average Bonchev–Trinajstić information content (AvgIpc) is 2.39. The Hall–Kier alpha value is -0.920. The van der Waals surface area contributed by atoms with Gasteiger partial charge in [-0.15, -0.1) is 0 Å². The van der Waals surface area contributed by atoms with E-state index in [4.69, 9.17) is 4.74 Å². The van der Waals surface area contributed by atoms with E-state index in [0.29, 0.717) is 23.8 Å². The maximum atomic E-state index is 12.5. The van der Waals surface area contributed by atoms with Gasteiger partial charge in [-0.2, -0.15) is 4.72 Å². The molecule has 0 unspecified atom stereocenters. The average molecular weight is 362 g/mol. The Labute approximate surface area is 126 Å². The van der Waals surface area contributed by atoms with Crippen LogP contribution >= 0.6 is 15.9 Å². The lowest BCUT2D eigenvalue weighted by molar-refractivity contribution is -0.148. The van der Waals surface area contributed by atoms with E-state index in [2.05, 4.69) is 20.7 Å². The van der Waals surface area contributed by atoms with E-state index in [0.717, 1.165) is 19.3 Å². The number of nitrogens with one attached hydrogen (secondary N) is 1. The SMILES string of the molecule is O=COC1(NS(=O)(=O)c2ccccc2Br)CCCCC1. The molecule has 5 nitrogen and oxygen atoms in total. The molecule has 110 valence electrons. The summed E-state index contributed by atoms with van der Waals surface area (Å²) in [5.41, 5.74) is -1.12. The minimum absolute atomic E-state index is 0.138. The molecule has 1 aromatic rings. The summed E-state index contributed by atoms with van der Waals surface area (Å²) < 4.78 is 33.0. The third-order valence-electron chi connectivity index (χ3n) is 3.38. The van der Waals surface area contributed by atoms with Crippen molar-refractivity contribution in [2.45, 2.75) is 42.7 Å². The zero-order valence-corrected chi connectivity index (χ0v) is 13.2. The van der Waals surface area contributed by atoms with E-state index in [-0.39, 0.29) is 4.90 Å². The highest BCUT2D eigenvalue weighted by Crippen LogP contribution is 2.31. The van der Waals surface area contributed by atoms with Crippen LogP contribution in [-0.4, -0.2) is 20.6 Å². The fourth-order valence-electron chi connectivity index (χ4n) is 2.42. The van der Waals surface area contributed by atoms with E-state index in [9.17, 15) is 13.2 Å². The molecule has 1 aliphatic carbocycles. The molecule has 2 rings (SSSR count). The van der Waals surface area contributed by atoms with Gasteiger partial charge in [-0.05, 0) is 40.9 Å². The fourth-order valence-corrected chi connectivity index (χ4v) is 4.78. The van der Waals surface area contributed by atoms with Crippen molar-refractivity contribution in [3.8, 4) is 0 Å². The van der Waals surface area contributed by atoms with E-state index in [1.54, 1.807) is 18.2 Å². The van der Waals surface area contributed by atoms with Crippen molar-refractivity contribution in [3.63, 3.8) is 0 Å². The molecule has 0 aliphatic heterocycles. The van der Waals surface area contributed by atoms with Gasteiger partial charge >= 0.3 is 0 Å². The number of rotatable bonds is 5. The summed E-state index contributed by atoms with van der Waals surface area (Å²) in [5, 5.41) is 0. The topological polar surface area (TPSA) is 72.5 Å². The number of hydrogen-bond donors (Lipinski definition) is 1. The van der Waals surface area contributed by atoms with Crippen LogP contribution in [0, 0.1) is 0 Å². The summed E-state index contributed by atoms with van der Waals surface area (Å²) in [6.45, 7) is 0.313. The standard InChI is InChI=1S/C13H16BrNO4S/c14-11-6-2-3-7-12(11)20(17,18)15-13(19-10-16)8-4-1-5-9-13/h2-3,6-7,10,15H,1,4-5,8-9H2. The Kier molecular flexibility index (Phi) is 4.82. The highest BCUT2D eigenvalue weighted by molar-refractivity contribution is 9.10. The lowest BCUT2D eigenvalue weighted by Crippen LogP contribution is -2.51. The molecule has 7 heteroatoms. The van der Waals surface area contributed by atoms with Crippen molar-refractivity contribution in [2.75, 3.05) is 0 Å². The Morgan fingerprint density at radius 1 is 1.20 bits per heavy atom. The van der Waals surface area contributed by atoms with Gasteiger partial charge in [-0.3, -0.25) is 4.79 Å². The number of halogens is 1.